The molecule has 6 heteroatoms. The molecule has 0 saturated heterocycles. The van der Waals surface area contributed by atoms with Crippen LogP contribution in [0.1, 0.15) is 5.56 Å². The van der Waals surface area contributed by atoms with Crippen LogP contribution in [0.5, 0.6) is 5.75 Å². The van der Waals surface area contributed by atoms with Gasteiger partial charge in [-0.1, -0.05) is 0 Å². The molecule has 0 spiro atoms. The molecule has 0 N–H and O–H groups in total. The molecule has 0 bridgehead atoms. The van der Waals surface area contributed by atoms with Crippen molar-refractivity contribution in [1.29, 1.82) is 0 Å². The number of aromatic nitrogens is 3. The number of pyridine rings is 1. The molecule has 2 heterocycles. The van der Waals surface area contributed by atoms with Gasteiger partial charge in [-0.3, -0.25) is 0 Å². The van der Waals surface area contributed by atoms with E-state index in [1.807, 2.05) is 30.3 Å². The van der Waals surface area contributed by atoms with Crippen LogP contribution in [0, 0.1) is 5.82 Å². The summed E-state index contributed by atoms with van der Waals surface area (Å²) in [5, 5.41) is 1.01. The second kappa shape index (κ2) is 7.63. The summed E-state index contributed by atoms with van der Waals surface area (Å²) in [6.07, 6.45) is 3.31. The van der Waals surface area contributed by atoms with Gasteiger partial charge in [0.15, 0.2) is 0 Å². The standard InChI is InChI=1S/C20H15AsFN3O/c22-16-8-6-14(7-9-16)12-26-17-4-1-3-15(11-17)21-19-18-5-2-10-23-20(18)25-13-24-19/h1-11,13,21H,12H2. The fourth-order valence-electron chi connectivity index (χ4n) is 2.54. The summed E-state index contributed by atoms with van der Waals surface area (Å²) < 4.78 is 21.1. The zero-order valence-corrected chi connectivity index (χ0v) is 15.9. The summed E-state index contributed by atoms with van der Waals surface area (Å²) in [4.78, 5) is 13.0. The van der Waals surface area contributed by atoms with Crippen molar-refractivity contribution < 1.29 is 9.13 Å². The van der Waals surface area contributed by atoms with Gasteiger partial charge in [0.05, 0.1) is 0 Å². The van der Waals surface area contributed by atoms with Crippen LogP contribution in [0.2, 0.25) is 0 Å². The van der Waals surface area contributed by atoms with E-state index in [0.29, 0.717) is 6.61 Å². The van der Waals surface area contributed by atoms with Gasteiger partial charge in [-0.15, -0.1) is 0 Å². The van der Waals surface area contributed by atoms with Gasteiger partial charge in [-0.25, -0.2) is 0 Å². The molecular weight excluding hydrogens is 392 g/mol. The third kappa shape index (κ3) is 3.89. The second-order valence-electron chi connectivity index (χ2n) is 5.66. The van der Waals surface area contributed by atoms with Gasteiger partial charge in [-0.2, -0.15) is 0 Å². The number of hydrogen-bond acceptors (Lipinski definition) is 4. The first-order chi connectivity index (χ1) is 12.8. The van der Waals surface area contributed by atoms with Crippen molar-refractivity contribution in [2.24, 2.45) is 0 Å². The Morgan fingerprint density at radius 1 is 0.923 bits per heavy atom. The first kappa shape index (κ1) is 16.7. The maximum absolute atomic E-state index is 13.0. The van der Waals surface area contributed by atoms with E-state index in [1.54, 1.807) is 24.7 Å². The Morgan fingerprint density at radius 3 is 2.69 bits per heavy atom. The van der Waals surface area contributed by atoms with Gasteiger partial charge in [0, 0.05) is 0 Å². The number of halogens is 1. The summed E-state index contributed by atoms with van der Waals surface area (Å²) in [6.45, 7) is 0.407. The number of rotatable bonds is 5. The minimum atomic E-state index is -0.638. The van der Waals surface area contributed by atoms with Crippen molar-refractivity contribution >= 4 is 35.6 Å². The van der Waals surface area contributed by atoms with Crippen LogP contribution in [0.4, 0.5) is 4.39 Å². The Labute approximate surface area is 156 Å². The topological polar surface area (TPSA) is 47.9 Å². The Kier molecular flexibility index (Phi) is 4.89. The molecule has 2 aromatic carbocycles. The van der Waals surface area contributed by atoms with Crippen LogP contribution < -0.4 is 13.6 Å². The van der Waals surface area contributed by atoms with Gasteiger partial charge in [0.25, 0.3) is 0 Å². The molecule has 4 nitrogen and oxygen atoms in total. The summed E-state index contributed by atoms with van der Waals surface area (Å²) in [5.74, 6) is 0.555. The van der Waals surface area contributed by atoms with Gasteiger partial charge in [0.2, 0.25) is 0 Å². The van der Waals surface area contributed by atoms with Crippen molar-refractivity contribution in [3.63, 3.8) is 0 Å². The molecule has 0 aliphatic carbocycles. The number of ether oxygens (including phenoxy) is 1. The van der Waals surface area contributed by atoms with E-state index >= 15 is 0 Å². The molecule has 1 unspecified atom stereocenters. The fourth-order valence-corrected chi connectivity index (χ4v) is 4.89. The third-order valence-corrected chi connectivity index (χ3v) is 6.42. The average molecular weight is 407 g/mol. The first-order valence-electron chi connectivity index (χ1n) is 8.08. The van der Waals surface area contributed by atoms with E-state index in [0.717, 1.165) is 26.8 Å². The molecule has 0 aliphatic heterocycles. The van der Waals surface area contributed by atoms with Gasteiger partial charge >= 0.3 is 157 Å². The van der Waals surface area contributed by atoms with Crippen molar-refractivity contribution in [2.75, 3.05) is 0 Å². The van der Waals surface area contributed by atoms with Crippen LogP contribution in [0.3, 0.4) is 0 Å². The predicted molar refractivity (Wildman–Crippen MR) is 101 cm³/mol. The zero-order valence-electron chi connectivity index (χ0n) is 13.8. The summed E-state index contributed by atoms with van der Waals surface area (Å²) in [6, 6.07) is 18.3. The summed E-state index contributed by atoms with van der Waals surface area (Å²) in [7, 11) is 0. The van der Waals surface area contributed by atoms with Gasteiger partial charge < -0.3 is 0 Å². The normalized spacial score (nSPS) is 11.3. The quantitative estimate of drug-likeness (QED) is 0.476. The number of benzene rings is 2. The average Bonchev–Trinajstić information content (AvgIpc) is 2.68. The fraction of sp³-hybridized carbons (Fsp3) is 0.0500. The molecule has 2 aromatic heterocycles. The van der Waals surface area contributed by atoms with Crippen LogP contribution >= 0.6 is 0 Å². The zero-order chi connectivity index (χ0) is 17.8. The molecule has 0 fully saturated rings. The molecule has 128 valence electrons. The first-order valence-corrected chi connectivity index (χ1v) is 10.2. The molecule has 0 aliphatic rings. The van der Waals surface area contributed by atoms with Crippen LogP contribution in [0.25, 0.3) is 11.0 Å². The molecule has 1 atom stereocenters. The minimum absolute atomic E-state index is 0.243. The monoisotopic (exact) mass is 407 g/mol. The summed E-state index contributed by atoms with van der Waals surface area (Å²) >= 11 is -0.638. The van der Waals surface area contributed by atoms with Crippen molar-refractivity contribution in [2.45, 2.75) is 6.61 Å². The number of hydrogen-bond donors (Lipinski definition) is 0. The molecular formula is C20H15AsFN3O. The second-order valence-corrected chi connectivity index (χ2v) is 8.39. The molecule has 0 amide bonds. The number of nitrogens with zero attached hydrogens (tertiary/aromatic N) is 3. The molecule has 4 aromatic rings. The molecule has 26 heavy (non-hydrogen) atoms. The Bertz CT molecular complexity index is 1040. The number of fused-ring (bicyclic) bond motifs is 1. The van der Waals surface area contributed by atoms with E-state index in [9.17, 15) is 4.39 Å². The van der Waals surface area contributed by atoms with Crippen LogP contribution in [-0.2, 0) is 6.61 Å². The van der Waals surface area contributed by atoms with E-state index in [4.69, 9.17) is 4.74 Å². The summed E-state index contributed by atoms with van der Waals surface area (Å²) in [5.41, 5.74) is 1.66. The van der Waals surface area contributed by atoms with E-state index in [-0.39, 0.29) is 5.82 Å². The Morgan fingerprint density at radius 2 is 1.81 bits per heavy atom. The van der Waals surface area contributed by atoms with Crippen LogP contribution in [0.15, 0.2) is 73.2 Å². The molecule has 0 radical (unpaired) electrons. The van der Waals surface area contributed by atoms with Crippen molar-refractivity contribution in [1.82, 2.24) is 15.0 Å². The van der Waals surface area contributed by atoms with E-state index in [1.165, 1.54) is 16.5 Å². The Balaban J connectivity index is 1.51. The molecule has 4 rings (SSSR count). The van der Waals surface area contributed by atoms with E-state index < -0.39 is 15.8 Å². The Hall–Kier alpha value is -2.78. The van der Waals surface area contributed by atoms with Crippen LogP contribution in [-0.4, -0.2) is 30.7 Å². The maximum atomic E-state index is 13.0. The molecule has 0 saturated carbocycles. The van der Waals surface area contributed by atoms with Gasteiger partial charge in [0.1, 0.15) is 0 Å². The van der Waals surface area contributed by atoms with E-state index in [2.05, 4.69) is 21.0 Å². The SMILES string of the molecule is Fc1ccc(COc2cccc([AsH]c3ncnc4ncccc34)c2)cc1. The van der Waals surface area contributed by atoms with Crippen molar-refractivity contribution in [3.05, 3.63) is 84.6 Å². The van der Waals surface area contributed by atoms with Crippen molar-refractivity contribution in [3.8, 4) is 5.75 Å². The predicted octanol–water partition coefficient (Wildman–Crippen LogP) is 2.13. The van der Waals surface area contributed by atoms with Gasteiger partial charge in [-0.05, 0) is 0 Å². The third-order valence-electron chi connectivity index (χ3n) is 3.82.